The van der Waals surface area contributed by atoms with Crippen molar-refractivity contribution in [3.63, 3.8) is 0 Å². The summed E-state index contributed by atoms with van der Waals surface area (Å²) in [6.07, 6.45) is -0.273. The van der Waals surface area contributed by atoms with Crippen LogP contribution in [0.1, 0.15) is 13.8 Å². The third kappa shape index (κ3) is 32.9. The quantitative estimate of drug-likeness (QED) is 0.386. The van der Waals surface area contributed by atoms with Crippen molar-refractivity contribution >= 4 is 206 Å². The number of Topliss-reactive ketones (excluding diaryl/α,β-unsaturated/α-hetero) is 1. The van der Waals surface area contributed by atoms with Gasteiger partial charge in [0.2, 0.25) is 0 Å². The lowest BCUT2D eigenvalue weighted by Gasteiger charge is -2.00. The van der Waals surface area contributed by atoms with Crippen LogP contribution in [0.2, 0.25) is 0 Å². The first-order valence-corrected chi connectivity index (χ1v) is 32.5. The summed E-state index contributed by atoms with van der Waals surface area (Å²) in [5, 5.41) is 0. The molecule has 0 radical (unpaired) electrons. The molecule has 2 atom stereocenters. The highest BCUT2D eigenvalue weighted by Gasteiger charge is 2.02. The van der Waals surface area contributed by atoms with Crippen molar-refractivity contribution in [1.29, 1.82) is 0 Å². The fourth-order valence-corrected chi connectivity index (χ4v) is 47.1. The first-order valence-electron chi connectivity index (χ1n) is 5.37. The van der Waals surface area contributed by atoms with Gasteiger partial charge in [0.1, 0.15) is 6.10 Å². The summed E-state index contributed by atoms with van der Waals surface area (Å²) < 4.78 is 4.58. The highest BCUT2D eigenvalue weighted by molar-refractivity contribution is 8.78. The van der Waals surface area contributed by atoms with Gasteiger partial charge in [-0.15, -0.1) is 0 Å². The van der Waals surface area contributed by atoms with Gasteiger partial charge in [0.25, 0.3) is 0 Å². The second kappa shape index (κ2) is 31.7. The maximum atomic E-state index is 10.2. The Morgan fingerprint density at radius 2 is 0.857 bits per heavy atom. The van der Waals surface area contributed by atoms with Crippen LogP contribution < -0.4 is 0 Å². The average molecular weight is 793 g/mol. The van der Waals surface area contributed by atoms with E-state index in [1.807, 2.05) is 9.47 Å². The van der Waals surface area contributed by atoms with Crippen LogP contribution >= 0.6 is 9.47 Å². The highest BCUT2D eigenvalue weighted by Crippen LogP contribution is 1.95. The minimum Gasteiger partial charge on any atom is -0.355 e. The maximum absolute atomic E-state index is 10.2. The number of ketones is 1. The normalized spacial score (nSPS) is 8.96. The van der Waals surface area contributed by atoms with Gasteiger partial charge in [-0.05, 0) is 13.8 Å². The topological polar surface area (TPSA) is 26.3 Å². The number of carbonyl (C=O) groups is 1. The van der Waals surface area contributed by atoms with E-state index < -0.39 is 0 Å². The zero-order valence-electron chi connectivity index (χ0n) is 13.0. The molecule has 24 heteroatoms. The van der Waals surface area contributed by atoms with Crippen LogP contribution in [0, 0.1) is 0 Å². The lowest BCUT2D eigenvalue weighted by Crippen LogP contribution is -2.11. The minimum absolute atomic E-state index is 0.0509. The lowest BCUT2D eigenvalue weighted by molar-refractivity contribution is -0.122. The van der Waals surface area contributed by atoms with Gasteiger partial charge < -0.3 is 4.52 Å². The Morgan fingerprint density at radius 3 is 0.964 bits per heavy atom. The molecule has 0 N–H and O–H groups in total. The molecule has 0 bridgehead atoms. The fraction of sp³-hybridized carbons (Fsp3) is 0.750. The van der Waals surface area contributed by atoms with Crippen molar-refractivity contribution in [2.45, 2.75) is 20.0 Å². The second-order valence-corrected chi connectivity index (χ2v) is 36.6. The van der Waals surface area contributed by atoms with Gasteiger partial charge in [0.15, 0.2) is 5.78 Å². The molecular weight excluding hydrogens is 784 g/mol. The molecule has 0 aliphatic heterocycles. The van der Waals surface area contributed by atoms with E-state index in [2.05, 4.69) is 4.52 Å². The lowest BCUT2D eigenvalue weighted by atomic mass is 10.3. The Labute approximate surface area is 230 Å². The van der Waals surface area contributed by atoms with Crippen LogP contribution in [0.15, 0.2) is 0 Å². The molecule has 0 aliphatic rings. The molecule has 0 aromatic heterocycles. The van der Waals surface area contributed by atoms with E-state index in [1.54, 1.807) is 158 Å². The summed E-state index contributed by atoms with van der Waals surface area (Å²) in [6.45, 7) is 3.20. The Morgan fingerprint density at radius 1 is 0.643 bits per heavy atom. The summed E-state index contributed by atoms with van der Waals surface area (Å²) in [7, 11) is 34.7. The molecule has 0 rings (SSSR count). The molecule has 168 valence electrons. The molecule has 0 amide bonds. The molecule has 0 saturated carbocycles. The Hall–Kier alpha value is 4.68. The molecule has 0 saturated heterocycles. The van der Waals surface area contributed by atoms with Gasteiger partial charge in [-0.2, -0.15) is 0 Å². The number of carbonyl (C=O) groups excluding carboxylic acids is 1. The van der Waals surface area contributed by atoms with E-state index >= 15 is 0 Å². The summed E-state index contributed by atoms with van der Waals surface area (Å²) >= 11 is 9.52. The van der Waals surface area contributed by atoms with E-state index in [4.69, 9.17) is 22.4 Å². The third-order valence-electron chi connectivity index (χ3n) is 1.28. The van der Waals surface area contributed by atoms with Crippen molar-refractivity contribution in [3.05, 3.63) is 0 Å². The molecule has 0 aliphatic carbocycles. The number of hydrogen-bond acceptors (Lipinski definition) is 4. The molecule has 0 spiro atoms. The highest BCUT2D eigenvalue weighted by atomic mass is 33.5. The molecule has 0 aromatic rings. The smallest absolute Gasteiger partial charge is 0.158 e. The third-order valence-corrected chi connectivity index (χ3v) is 41.7. The summed E-state index contributed by atoms with van der Waals surface area (Å²) in [5.41, 5.74) is 0. The van der Waals surface area contributed by atoms with Gasteiger partial charge in [-0.3, -0.25) is 4.79 Å². The molecule has 28 heavy (non-hydrogen) atoms. The maximum Gasteiger partial charge on any atom is 0.158 e. The van der Waals surface area contributed by atoms with Crippen LogP contribution in [0.5, 0.6) is 0 Å². The van der Waals surface area contributed by atoms with Gasteiger partial charge in [-0.1, -0.05) is 0 Å². The standard InChI is InChI=1S/C4H9O2P.S21/c1-3(5)4(2)6-7;1-3-5-7-9-11-13-15-17-19-21-20-18-16-14-12-10-8-6-4-2/h4H,7H2,1-2H3;. The average Bonchev–Trinajstić information content (AvgIpc) is 2.70. The van der Waals surface area contributed by atoms with Crippen LogP contribution in [0.4, 0.5) is 0 Å². The number of hydrogen-bond donors (Lipinski definition) is 0. The first-order chi connectivity index (χ1) is 13.6. The first kappa shape index (κ1) is 34.8. The number of rotatable bonds is 2. The second-order valence-electron chi connectivity index (χ2n) is 2.68. The Balaban J connectivity index is 0. The van der Waals surface area contributed by atoms with Gasteiger partial charge >= 0.3 is 0 Å². The molecule has 2 unspecified atom stereocenters. The predicted molar refractivity (Wildman–Crippen MR) is 186 cm³/mol. The van der Waals surface area contributed by atoms with Crippen LogP contribution in [0.25, 0.3) is 0 Å². The molecule has 0 aromatic carbocycles. The van der Waals surface area contributed by atoms with Gasteiger partial charge in [0, 0.05) is 201 Å². The van der Waals surface area contributed by atoms with E-state index in [1.165, 1.54) is 24.7 Å². The Bertz CT molecular complexity index is 1210. The van der Waals surface area contributed by atoms with E-state index in [0.29, 0.717) is 0 Å². The van der Waals surface area contributed by atoms with E-state index in [0.717, 1.165) is 0 Å². The van der Waals surface area contributed by atoms with Gasteiger partial charge in [0.05, 0.1) is 0 Å². The molecular formula is C4H9O2PS21. The van der Waals surface area contributed by atoms with Crippen molar-refractivity contribution in [1.82, 2.24) is 0 Å². The Kier molecular flexibility index (Phi) is 39.4. The van der Waals surface area contributed by atoms with Crippen molar-refractivity contribution in [2.24, 2.45) is 0 Å². The largest absolute Gasteiger partial charge is 0.355 e. The fourth-order valence-electron chi connectivity index (χ4n) is 0.289. The van der Waals surface area contributed by atoms with Crippen molar-refractivity contribution in [2.75, 3.05) is 0 Å². The predicted octanol–water partition coefficient (Wildman–Crippen LogP) is 0.720. The minimum atomic E-state index is -0.273. The monoisotopic (exact) mass is 791 g/mol. The SMILES string of the molecule is CC(=O)C(C)OP.S=S=S=S=S=S=S=S=S=S=S=S=S=S=S=S=S=S=S=S=S. The van der Waals surface area contributed by atoms with Crippen molar-refractivity contribution < 1.29 is 9.32 Å². The summed E-state index contributed by atoms with van der Waals surface area (Å²) in [4.78, 5) is 10.2. The molecule has 0 heterocycles. The zero-order valence-corrected chi connectivity index (χ0v) is 31.3. The van der Waals surface area contributed by atoms with E-state index in [9.17, 15) is 4.79 Å². The van der Waals surface area contributed by atoms with E-state index in [-0.39, 0.29) is 11.9 Å². The van der Waals surface area contributed by atoms with Gasteiger partial charge in [-0.25, -0.2) is 0 Å². The molecule has 2 nitrogen and oxygen atoms in total. The van der Waals surface area contributed by atoms with Crippen LogP contribution in [0.3, 0.4) is 0 Å². The van der Waals surface area contributed by atoms with Crippen LogP contribution in [-0.4, -0.2) is 11.9 Å². The zero-order chi connectivity index (χ0) is 21.3. The molecule has 0 fully saturated rings. The summed E-state index contributed by atoms with van der Waals surface area (Å²) in [5.74, 6) is 0.0509. The summed E-state index contributed by atoms with van der Waals surface area (Å²) in [6, 6.07) is 0. The van der Waals surface area contributed by atoms with Crippen molar-refractivity contribution in [3.8, 4) is 0 Å². The van der Waals surface area contributed by atoms with Crippen LogP contribution in [-0.2, 0) is 200 Å².